The summed E-state index contributed by atoms with van der Waals surface area (Å²) < 4.78 is 0. The van der Waals surface area contributed by atoms with E-state index in [4.69, 9.17) is 0 Å². The highest BCUT2D eigenvalue weighted by Crippen LogP contribution is 2.64. The third-order valence-corrected chi connectivity index (χ3v) is 14.6. The van der Waals surface area contributed by atoms with Crippen molar-refractivity contribution in [2.45, 2.75) is 77.0 Å². The third kappa shape index (κ3) is 2.95. The summed E-state index contributed by atoms with van der Waals surface area (Å²) in [5.41, 5.74) is 19.7. The van der Waals surface area contributed by atoms with Crippen LogP contribution in [0, 0.1) is 0 Å². The lowest BCUT2D eigenvalue weighted by Crippen LogP contribution is -2.31. The minimum Gasteiger partial charge on any atom is -0.0616 e. The fourth-order valence-corrected chi connectivity index (χ4v) is 12.1. The van der Waals surface area contributed by atoms with Crippen molar-refractivity contribution >= 4 is 43.1 Å². The van der Waals surface area contributed by atoms with Gasteiger partial charge in [0.1, 0.15) is 0 Å². The van der Waals surface area contributed by atoms with Crippen LogP contribution >= 0.6 is 0 Å². The van der Waals surface area contributed by atoms with Gasteiger partial charge in [-0.1, -0.05) is 165 Å². The molecule has 0 N–H and O–H groups in total. The topological polar surface area (TPSA) is 0 Å². The Kier molecular flexibility index (Phi) is 4.92. The van der Waals surface area contributed by atoms with E-state index in [1.54, 1.807) is 0 Å². The molecule has 0 heterocycles. The van der Waals surface area contributed by atoms with Gasteiger partial charge in [0.25, 0.3) is 0 Å². The molecule has 0 heteroatoms. The predicted molar refractivity (Wildman–Crippen MR) is 221 cm³/mol. The fourth-order valence-electron chi connectivity index (χ4n) is 12.1. The zero-order valence-corrected chi connectivity index (χ0v) is 31.4. The highest BCUT2D eigenvalue weighted by atomic mass is 14.5. The van der Waals surface area contributed by atoms with Crippen LogP contribution in [-0.4, -0.2) is 0 Å². The highest BCUT2D eigenvalue weighted by molar-refractivity contribution is 6.33. The van der Waals surface area contributed by atoms with Gasteiger partial charge in [-0.2, -0.15) is 0 Å². The van der Waals surface area contributed by atoms with Crippen LogP contribution in [0.2, 0.25) is 0 Å². The molecule has 0 aliphatic heterocycles. The molecule has 0 aromatic heterocycles. The molecule has 0 amide bonds. The van der Waals surface area contributed by atoms with E-state index < -0.39 is 0 Å². The number of benzene rings is 8. The molecule has 0 fully saturated rings. The maximum atomic E-state index is 2.45. The van der Waals surface area contributed by atoms with Gasteiger partial charge >= 0.3 is 0 Å². The number of rotatable bonds is 1. The molecule has 0 atom stereocenters. The van der Waals surface area contributed by atoms with Gasteiger partial charge in [-0.3, -0.25) is 0 Å². The quantitative estimate of drug-likeness (QED) is 0.153. The highest BCUT2D eigenvalue weighted by Gasteiger charge is 2.45. The minimum absolute atomic E-state index is 0.130. The molecule has 0 unspecified atom stereocenters. The van der Waals surface area contributed by atoms with Crippen molar-refractivity contribution in [2.24, 2.45) is 0 Å². The maximum absolute atomic E-state index is 2.45. The van der Waals surface area contributed by atoms with Crippen LogP contribution in [0.4, 0.5) is 0 Å². The summed E-state index contributed by atoms with van der Waals surface area (Å²) in [4.78, 5) is 0. The van der Waals surface area contributed by atoms with Crippen molar-refractivity contribution < 1.29 is 0 Å². The number of hydrogen-bond acceptors (Lipinski definition) is 0. The summed E-state index contributed by atoms with van der Waals surface area (Å²) in [7, 11) is 0. The van der Waals surface area contributed by atoms with Crippen LogP contribution in [0.3, 0.4) is 0 Å². The molecule has 0 saturated carbocycles. The van der Waals surface area contributed by atoms with Gasteiger partial charge in [-0.05, 0) is 121 Å². The predicted octanol–water partition coefficient (Wildman–Crippen LogP) is 13.9. The first kappa shape index (κ1) is 29.4. The van der Waals surface area contributed by atoms with E-state index in [2.05, 4.69) is 165 Å². The minimum atomic E-state index is -0.130. The first-order valence-electron chi connectivity index (χ1n) is 19.2. The van der Waals surface area contributed by atoms with Gasteiger partial charge in [0.05, 0.1) is 0 Å². The van der Waals surface area contributed by atoms with Gasteiger partial charge in [0.15, 0.2) is 0 Å². The van der Waals surface area contributed by atoms with E-state index in [1.807, 2.05) is 0 Å². The number of hydrogen-bond donors (Lipinski definition) is 0. The Hall–Kier alpha value is -5.20. The Balaban J connectivity index is 1.39. The average molecular weight is 667 g/mol. The van der Waals surface area contributed by atoms with Gasteiger partial charge in [0.2, 0.25) is 0 Å². The molecular formula is C52H42. The van der Waals surface area contributed by atoms with Crippen LogP contribution in [0.5, 0.6) is 0 Å². The molecule has 0 radical (unpaired) electrons. The fraction of sp³-hybridized carbons (Fsp3) is 0.231. The van der Waals surface area contributed by atoms with E-state index in [0.717, 1.165) is 0 Å². The molecule has 4 aliphatic rings. The van der Waals surface area contributed by atoms with Crippen molar-refractivity contribution in [3.8, 4) is 33.4 Å². The SMILES string of the molecule is CC1(C)c2cccc3c2-c2c4c1cccc4c(-c1c4cccc5c4c4c6c(cccc16)C(C)(C)c1cccc(c1-4)C5(C)C)c1cccc(c21)C3(C)C. The average Bonchev–Trinajstić information content (AvgIpc) is 3.13. The van der Waals surface area contributed by atoms with E-state index in [9.17, 15) is 0 Å². The van der Waals surface area contributed by atoms with Crippen LogP contribution < -0.4 is 0 Å². The van der Waals surface area contributed by atoms with Gasteiger partial charge in [-0.25, -0.2) is 0 Å². The molecule has 8 aromatic rings. The van der Waals surface area contributed by atoms with Crippen LogP contribution in [0.15, 0.2) is 109 Å². The summed E-state index contributed by atoms with van der Waals surface area (Å²) in [5, 5.41) is 11.3. The lowest BCUT2D eigenvalue weighted by atomic mass is 9.58. The molecule has 8 aromatic carbocycles. The molecule has 250 valence electrons. The first-order chi connectivity index (χ1) is 24.9. The van der Waals surface area contributed by atoms with Crippen molar-refractivity contribution in [1.82, 2.24) is 0 Å². The summed E-state index contributed by atoms with van der Waals surface area (Å²) >= 11 is 0. The van der Waals surface area contributed by atoms with Crippen LogP contribution in [-0.2, 0) is 21.7 Å². The van der Waals surface area contributed by atoms with Crippen LogP contribution in [0.1, 0.15) is 99.9 Å². The first-order valence-corrected chi connectivity index (χ1v) is 19.2. The Labute approximate surface area is 306 Å². The Morgan fingerprint density at radius 1 is 0.231 bits per heavy atom. The summed E-state index contributed by atoms with van der Waals surface area (Å²) in [6.07, 6.45) is 0. The molecule has 0 saturated heterocycles. The Bertz CT molecular complexity index is 2650. The molecule has 0 nitrogen and oxygen atoms in total. The van der Waals surface area contributed by atoms with Gasteiger partial charge in [-0.15, -0.1) is 0 Å². The maximum Gasteiger partial charge on any atom is 0.0159 e. The van der Waals surface area contributed by atoms with Crippen LogP contribution in [0.25, 0.3) is 76.5 Å². The Morgan fingerprint density at radius 2 is 0.442 bits per heavy atom. The summed E-state index contributed by atoms with van der Waals surface area (Å²) in [5.74, 6) is 0. The van der Waals surface area contributed by atoms with E-state index in [0.29, 0.717) is 0 Å². The van der Waals surface area contributed by atoms with E-state index in [1.165, 1.54) is 121 Å². The molecule has 52 heavy (non-hydrogen) atoms. The normalized spacial score (nSPS) is 18.2. The molecule has 12 rings (SSSR count). The lowest BCUT2D eigenvalue weighted by Gasteiger charge is -2.44. The van der Waals surface area contributed by atoms with Gasteiger partial charge in [0, 0.05) is 21.7 Å². The third-order valence-electron chi connectivity index (χ3n) is 14.6. The molecule has 0 bridgehead atoms. The zero-order chi connectivity index (χ0) is 35.4. The second-order valence-corrected chi connectivity index (χ2v) is 18.4. The van der Waals surface area contributed by atoms with Crippen molar-refractivity contribution in [2.75, 3.05) is 0 Å². The standard InChI is InChI=1S/C52H42/c1-49(2)31-19-9-15-27-39(28-16-10-20-32-42(28)47(41(27)31)45-35(49)23-13-24-36(45)50(32,3)4)40-29-17-11-21-33-43(29)48-44-30(40)18-12-22-34(44)52(7,8)38-26-14-25-37(46(38)48)51(33,5)6/h9-26H,1-8H3. The van der Waals surface area contributed by atoms with Gasteiger partial charge < -0.3 is 0 Å². The second kappa shape index (κ2) is 8.70. The van der Waals surface area contributed by atoms with Crippen molar-refractivity contribution in [3.63, 3.8) is 0 Å². The second-order valence-electron chi connectivity index (χ2n) is 18.4. The molecule has 0 spiro atoms. The van der Waals surface area contributed by atoms with Crippen molar-refractivity contribution in [3.05, 3.63) is 154 Å². The summed E-state index contributed by atoms with van der Waals surface area (Å²) in [6, 6.07) is 43.0. The van der Waals surface area contributed by atoms with Crippen molar-refractivity contribution in [1.29, 1.82) is 0 Å². The summed E-state index contributed by atoms with van der Waals surface area (Å²) in [6.45, 7) is 19.6. The lowest BCUT2D eigenvalue weighted by molar-refractivity contribution is 0.618. The van der Waals surface area contributed by atoms with E-state index in [-0.39, 0.29) is 21.7 Å². The monoisotopic (exact) mass is 666 g/mol. The Morgan fingerprint density at radius 3 is 0.692 bits per heavy atom. The van der Waals surface area contributed by atoms with E-state index >= 15 is 0 Å². The molecular weight excluding hydrogens is 625 g/mol. The molecule has 4 aliphatic carbocycles. The largest absolute Gasteiger partial charge is 0.0616 e. The zero-order valence-electron chi connectivity index (χ0n) is 31.4. The smallest absolute Gasteiger partial charge is 0.0159 e.